The van der Waals surface area contributed by atoms with Gasteiger partial charge in [0.1, 0.15) is 11.5 Å². The number of carbonyl (C=O) groups excluding carboxylic acids is 1. The van der Waals surface area contributed by atoms with E-state index in [2.05, 4.69) is 13.5 Å². The summed E-state index contributed by atoms with van der Waals surface area (Å²) in [5.74, 6) is 1.02. The second kappa shape index (κ2) is 7.13. The molecular weight excluding hydrogens is 236 g/mol. The molecule has 1 rings (SSSR count). The Morgan fingerprint density at radius 1 is 1.37 bits per heavy atom. The molecule has 0 aliphatic heterocycles. The van der Waals surface area contributed by atoms with Gasteiger partial charge in [-0.25, -0.2) is 0 Å². The van der Waals surface area contributed by atoms with Gasteiger partial charge in [-0.15, -0.1) is 6.58 Å². The lowest BCUT2D eigenvalue weighted by Crippen LogP contribution is -2.29. The maximum absolute atomic E-state index is 11.9. The van der Waals surface area contributed by atoms with Crippen molar-refractivity contribution >= 4 is 5.78 Å². The van der Waals surface area contributed by atoms with Crippen LogP contribution in [0.15, 0.2) is 36.9 Å². The predicted octanol–water partition coefficient (Wildman–Crippen LogP) is 4.29. The van der Waals surface area contributed by atoms with Crippen molar-refractivity contribution in [3.05, 3.63) is 42.5 Å². The third kappa shape index (κ3) is 3.95. The Hall–Kier alpha value is -1.57. The van der Waals surface area contributed by atoms with Crippen molar-refractivity contribution in [3.63, 3.8) is 0 Å². The van der Waals surface area contributed by atoms with Crippen LogP contribution in [0.1, 0.15) is 45.6 Å². The predicted molar refractivity (Wildman–Crippen MR) is 79.7 cm³/mol. The molecule has 0 aliphatic carbocycles. The minimum Gasteiger partial charge on any atom is -0.494 e. The number of allylic oxidation sites excluding steroid dienone is 1. The molecule has 0 fully saturated rings. The summed E-state index contributed by atoms with van der Waals surface area (Å²) in [4.78, 5) is 11.9. The molecule has 104 valence electrons. The van der Waals surface area contributed by atoms with Gasteiger partial charge in [0.2, 0.25) is 0 Å². The van der Waals surface area contributed by atoms with E-state index in [1.54, 1.807) is 13.0 Å². The average Bonchev–Trinajstić information content (AvgIpc) is 2.40. The van der Waals surface area contributed by atoms with Crippen molar-refractivity contribution in [1.82, 2.24) is 0 Å². The quantitative estimate of drug-likeness (QED) is 0.515. The maximum atomic E-state index is 11.9. The lowest BCUT2D eigenvalue weighted by molar-refractivity contribution is -0.121. The number of hydrogen-bond acceptors (Lipinski definition) is 2. The molecule has 1 atom stereocenters. The number of ether oxygens (including phenoxy) is 1. The number of Topliss-reactive ketones (excluding diaryl/α,β-unsaturated/α-hetero) is 1. The second-order valence-corrected chi connectivity index (χ2v) is 5.11. The smallest absolute Gasteiger partial charge is 0.140 e. The molecule has 0 amide bonds. The molecule has 0 bridgehead atoms. The van der Waals surface area contributed by atoms with E-state index in [1.165, 1.54) is 0 Å². The molecule has 0 radical (unpaired) electrons. The van der Waals surface area contributed by atoms with Gasteiger partial charge in [-0.2, -0.15) is 0 Å². The van der Waals surface area contributed by atoms with E-state index < -0.39 is 5.41 Å². The van der Waals surface area contributed by atoms with E-state index in [-0.39, 0.29) is 5.78 Å². The van der Waals surface area contributed by atoms with Crippen LogP contribution in [0.4, 0.5) is 0 Å². The normalized spacial score (nSPS) is 13.6. The zero-order valence-corrected chi connectivity index (χ0v) is 12.2. The first-order valence-corrected chi connectivity index (χ1v) is 6.90. The highest BCUT2D eigenvalue weighted by molar-refractivity contribution is 5.87. The molecule has 2 nitrogen and oxygen atoms in total. The van der Waals surface area contributed by atoms with Crippen molar-refractivity contribution in [2.24, 2.45) is 0 Å². The first-order valence-electron chi connectivity index (χ1n) is 6.90. The van der Waals surface area contributed by atoms with Crippen molar-refractivity contribution in [2.75, 3.05) is 6.61 Å². The fourth-order valence-corrected chi connectivity index (χ4v) is 2.01. The summed E-state index contributed by atoms with van der Waals surface area (Å²) in [6.45, 7) is 10.2. The fourth-order valence-electron chi connectivity index (χ4n) is 2.01. The van der Waals surface area contributed by atoms with Crippen LogP contribution < -0.4 is 4.74 Å². The van der Waals surface area contributed by atoms with Crippen LogP contribution >= 0.6 is 0 Å². The molecule has 0 spiro atoms. The Labute approximate surface area is 116 Å². The molecule has 19 heavy (non-hydrogen) atoms. The highest BCUT2D eigenvalue weighted by Crippen LogP contribution is 2.30. The number of carbonyl (C=O) groups is 1. The van der Waals surface area contributed by atoms with Gasteiger partial charge in [-0.1, -0.05) is 31.6 Å². The molecule has 1 unspecified atom stereocenters. The largest absolute Gasteiger partial charge is 0.494 e. The van der Waals surface area contributed by atoms with Crippen molar-refractivity contribution in [1.29, 1.82) is 0 Å². The van der Waals surface area contributed by atoms with E-state index in [0.29, 0.717) is 6.42 Å². The lowest BCUT2D eigenvalue weighted by Gasteiger charge is -2.26. The molecular formula is C17H24O2. The van der Waals surface area contributed by atoms with Gasteiger partial charge in [0.25, 0.3) is 0 Å². The fraction of sp³-hybridized carbons (Fsp3) is 0.471. The van der Waals surface area contributed by atoms with E-state index in [0.717, 1.165) is 30.8 Å². The van der Waals surface area contributed by atoms with E-state index in [9.17, 15) is 4.79 Å². The van der Waals surface area contributed by atoms with Gasteiger partial charge in [0.15, 0.2) is 0 Å². The Morgan fingerprint density at radius 3 is 2.47 bits per heavy atom. The SMILES string of the molecule is C=CCC(C)(C(C)=O)c1ccc(OCCCC)cc1. The summed E-state index contributed by atoms with van der Waals surface area (Å²) >= 11 is 0. The van der Waals surface area contributed by atoms with E-state index in [4.69, 9.17) is 4.74 Å². The Morgan fingerprint density at radius 2 is 2.00 bits per heavy atom. The topological polar surface area (TPSA) is 26.3 Å². The molecule has 0 heterocycles. The number of benzene rings is 1. The standard InChI is InChI=1S/C17H24O2/c1-5-7-13-19-16-10-8-15(9-11-16)17(4,12-6-2)14(3)18/h6,8-11H,2,5,7,12-13H2,1,3-4H3. The van der Waals surface area contributed by atoms with Crippen LogP contribution in [0.3, 0.4) is 0 Å². The summed E-state index contributed by atoms with van der Waals surface area (Å²) in [7, 11) is 0. The molecule has 0 saturated heterocycles. The van der Waals surface area contributed by atoms with Gasteiger partial charge < -0.3 is 4.74 Å². The summed E-state index contributed by atoms with van der Waals surface area (Å²) in [5, 5.41) is 0. The number of hydrogen-bond donors (Lipinski definition) is 0. The third-order valence-corrected chi connectivity index (χ3v) is 3.59. The van der Waals surface area contributed by atoms with Crippen molar-refractivity contribution < 1.29 is 9.53 Å². The van der Waals surface area contributed by atoms with Crippen LogP contribution in [0.2, 0.25) is 0 Å². The van der Waals surface area contributed by atoms with Crippen molar-refractivity contribution in [2.45, 2.75) is 45.4 Å². The van der Waals surface area contributed by atoms with Gasteiger partial charge in [-0.05, 0) is 44.4 Å². The summed E-state index contributed by atoms with van der Waals surface area (Å²) < 4.78 is 5.63. The number of ketones is 1. The first kappa shape index (κ1) is 15.5. The minimum absolute atomic E-state index is 0.159. The molecule has 1 aromatic carbocycles. The Bertz CT molecular complexity index is 419. The second-order valence-electron chi connectivity index (χ2n) is 5.11. The molecule has 0 aliphatic rings. The summed E-state index contributed by atoms with van der Waals surface area (Å²) in [5.41, 5.74) is 0.534. The maximum Gasteiger partial charge on any atom is 0.140 e. The van der Waals surface area contributed by atoms with Crippen molar-refractivity contribution in [3.8, 4) is 5.75 Å². The Balaban J connectivity index is 2.84. The summed E-state index contributed by atoms with van der Waals surface area (Å²) in [6.07, 6.45) is 4.63. The zero-order chi connectivity index (χ0) is 14.3. The number of rotatable bonds is 8. The van der Waals surface area contributed by atoms with Gasteiger partial charge in [0, 0.05) is 0 Å². The Kier molecular flexibility index (Phi) is 5.81. The monoisotopic (exact) mass is 260 g/mol. The molecule has 2 heteroatoms. The third-order valence-electron chi connectivity index (χ3n) is 3.59. The van der Waals surface area contributed by atoms with Crippen LogP contribution in [-0.4, -0.2) is 12.4 Å². The average molecular weight is 260 g/mol. The van der Waals surface area contributed by atoms with E-state index in [1.807, 2.05) is 31.2 Å². The van der Waals surface area contributed by atoms with Crippen LogP contribution in [0, 0.1) is 0 Å². The van der Waals surface area contributed by atoms with Gasteiger partial charge >= 0.3 is 0 Å². The highest BCUT2D eigenvalue weighted by atomic mass is 16.5. The number of unbranched alkanes of at least 4 members (excludes halogenated alkanes) is 1. The zero-order valence-electron chi connectivity index (χ0n) is 12.2. The molecule has 0 aromatic heterocycles. The van der Waals surface area contributed by atoms with Gasteiger partial charge in [-0.3, -0.25) is 4.79 Å². The highest BCUT2D eigenvalue weighted by Gasteiger charge is 2.30. The van der Waals surface area contributed by atoms with Crippen LogP contribution in [0.5, 0.6) is 5.75 Å². The molecule has 0 saturated carbocycles. The molecule has 1 aromatic rings. The van der Waals surface area contributed by atoms with Gasteiger partial charge in [0.05, 0.1) is 12.0 Å². The molecule has 0 N–H and O–H groups in total. The summed E-state index contributed by atoms with van der Waals surface area (Å²) in [6, 6.07) is 7.84. The van der Waals surface area contributed by atoms with Crippen LogP contribution in [0.25, 0.3) is 0 Å². The first-order chi connectivity index (χ1) is 9.04. The van der Waals surface area contributed by atoms with E-state index >= 15 is 0 Å². The minimum atomic E-state index is -0.482. The lowest BCUT2D eigenvalue weighted by atomic mass is 9.76. The van der Waals surface area contributed by atoms with Crippen LogP contribution in [-0.2, 0) is 10.2 Å².